The number of benzene rings is 1. The van der Waals surface area contributed by atoms with Crippen LogP contribution in [0.1, 0.15) is 4.88 Å². The maximum atomic E-state index is 9.94. The van der Waals surface area contributed by atoms with E-state index in [9.17, 15) is 5.11 Å². The highest BCUT2D eigenvalue weighted by molar-refractivity contribution is 7.09. The van der Waals surface area contributed by atoms with Crippen molar-refractivity contribution in [3.63, 3.8) is 0 Å². The minimum absolute atomic E-state index is 0.00383. The normalized spacial score (nSPS) is 17.9. The van der Waals surface area contributed by atoms with Crippen LogP contribution in [0.3, 0.4) is 0 Å². The van der Waals surface area contributed by atoms with Gasteiger partial charge in [-0.25, -0.2) is 0 Å². The van der Waals surface area contributed by atoms with Crippen molar-refractivity contribution < 1.29 is 24.6 Å². The van der Waals surface area contributed by atoms with E-state index in [0.29, 0.717) is 26.4 Å². The van der Waals surface area contributed by atoms with Crippen LogP contribution in [0.25, 0.3) is 0 Å². The van der Waals surface area contributed by atoms with Crippen LogP contribution in [0.15, 0.2) is 41.8 Å². The molecule has 124 valence electrons. The number of rotatable bonds is 8. The van der Waals surface area contributed by atoms with Crippen LogP contribution in [-0.2, 0) is 11.3 Å². The van der Waals surface area contributed by atoms with Crippen LogP contribution < -0.4 is 14.8 Å². The quantitative estimate of drug-likeness (QED) is 0.756. The second kappa shape index (κ2) is 8.31. The van der Waals surface area contributed by atoms with Crippen molar-refractivity contribution >= 4 is 11.3 Å². The van der Waals surface area contributed by atoms with Crippen LogP contribution in [0.2, 0.25) is 0 Å². The Hall–Kier alpha value is -1.60. The summed E-state index contributed by atoms with van der Waals surface area (Å²) in [5.41, 5.74) is 0. The number of fused-ring (bicyclic) bond motifs is 1. The number of aliphatic hydroxyl groups excluding tert-OH is 1. The molecule has 0 spiro atoms. The van der Waals surface area contributed by atoms with Crippen LogP contribution >= 0.6 is 11.3 Å². The van der Waals surface area contributed by atoms with Gasteiger partial charge in [-0.2, -0.15) is 0 Å². The number of para-hydroxylation sites is 2. The molecule has 1 aliphatic rings. The molecule has 0 unspecified atom stereocenters. The van der Waals surface area contributed by atoms with Crippen LogP contribution in [0.4, 0.5) is 0 Å². The van der Waals surface area contributed by atoms with Gasteiger partial charge in [-0.05, 0) is 23.6 Å². The van der Waals surface area contributed by atoms with E-state index in [1.54, 1.807) is 11.3 Å². The van der Waals surface area contributed by atoms with E-state index in [-0.39, 0.29) is 6.10 Å². The SMILES string of the molecule is O[C@@H](C[NH2+]C[C@H]1COc2ccccc2O1)COCc1cccs1. The van der Waals surface area contributed by atoms with E-state index in [2.05, 4.69) is 0 Å². The average molecular weight is 336 g/mol. The van der Waals surface area contributed by atoms with Crippen molar-refractivity contribution in [1.82, 2.24) is 0 Å². The molecule has 0 fully saturated rings. The van der Waals surface area contributed by atoms with Gasteiger partial charge in [0.2, 0.25) is 0 Å². The highest BCUT2D eigenvalue weighted by Crippen LogP contribution is 2.30. The summed E-state index contributed by atoms with van der Waals surface area (Å²) in [6.45, 7) is 2.78. The summed E-state index contributed by atoms with van der Waals surface area (Å²) >= 11 is 1.66. The number of hydrogen-bond acceptors (Lipinski definition) is 5. The first kappa shape index (κ1) is 16.3. The maximum Gasteiger partial charge on any atom is 0.181 e. The average Bonchev–Trinajstić information content (AvgIpc) is 3.08. The first-order chi connectivity index (χ1) is 11.3. The van der Waals surface area contributed by atoms with Gasteiger partial charge in [0.25, 0.3) is 0 Å². The first-order valence-corrected chi connectivity index (χ1v) is 8.67. The molecule has 1 aromatic carbocycles. The highest BCUT2D eigenvalue weighted by atomic mass is 32.1. The molecule has 2 aromatic rings. The summed E-state index contributed by atoms with van der Waals surface area (Å²) in [6, 6.07) is 11.7. The van der Waals surface area contributed by atoms with Crippen LogP contribution in [0, 0.1) is 0 Å². The zero-order valence-corrected chi connectivity index (χ0v) is 13.7. The highest BCUT2D eigenvalue weighted by Gasteiger charge is 2.22. The lowest BCUT2D eigenvalue weighted by Gasteiger charge is -2.25. The molecule has 0 bridgehead atoms. The molecule has 1 aliphatic heterocycles. The van der Waals surface area contributed by atoms with Crippen molar-refractivity contribution in [2.75, 3.05) is 26.3 Å². The summed E-state index contributed by atoms with van der Waals surface area (Å²) < 4.78 is 17.1. The lowest BCUT2D eigenvalue weighted by atomic mass is 10.2. The van der Waals surface area contributed by atoms with Crippen molar-refractivity contribution in [1.29, 1.82) is 0 Å². The molecule has 0 amide bonds. The van der Waals surface area contributed by atoms with E-state index in [1.807, 2.05) is 47.1 Å². The number of thiophene rings is 1. The molecule has 5 nitrogen and oxygen atoms in total. The van der Waals surface area contributed by atoms with E-state index >= 15 is 0 Å². The second-order valence-corrected chi connectivity index (χ2v) is 6.54. The van der Waals surface area contributed by atoms with E-state index < -0.39 is 6.10 Å². The van der Waals surface area contributed by atoms with Crippen LogP contribution in [-0.4, -0.2) is 43.6 Å². The molecular formula is C17H22NO4S+. The summed E-state index contributed by atoms with van der Waals surface area (Å²) in [5, 5.41) is 14.0. The Balaban J connectivity index is 1.30. The molecule has 3 rings (SSSR count). The molecule has 0 radical (unpaired) electrons. The molecule has 6 heteroatoms. The molecule has 23 heavy (non-hydrogen) atoms. The zero-order chi connectivity index (χ0) is 15.9. The van der Waals surface area contributed by atoms with Gasteiger partial charge >= 0.3 is 0 Å². The Bertz CT molecular complexity index is 590. The predicted molar refractivity (Wildman–Crippen MR) is 88.0 cm³/mol. The number of ether oxygens (including phenoxy) is 3. The Morgan fingerprint density at radius 2 is 2.13 bits per heavy atom. The minimum atomic E-state index is -0.480. The van der Waals surface area contributed by atoms with Gasteiger partial charge in [-0.15, -0.1) is 11.3 Å². The summed E-state index contributed by atoms with van der Waals surface area (Å²) in [7, 11) is 0. The number of hydrogen-bond donors (Lipinski definition) is 2. The largest absolute Gasteiger partial charge is 0.486 e. The fourth-order valence-electron chi connectivity index (χ4n) is 2.41. The summed E-state index contributed by atoms with van der Waals surface area (Å²) in [4.78, 5) is 1.17. The van der Waals surface area contributed by atoms with Gasteiger partial charge in [0.05, 0.1) is 13.2 Å². The number of nitrogens with two attached hydrogens (primary N) is 1. The smallest absolute Gasteiger partial charge is 0.181 e. The van der Waals surface area contributed by atoms with Gasteiger partial charge in [0.1, 0.15) is 25.8 Å². The minimum Gasteiger partial charge on any atom is -0.486 e. The lowest BCUT2D eigenvalue weighted by molar-refractivity contribution is -0.666. The third-order valence-electron chi connectivity index (χ3n) is 3.57. The summed E-state index contributed by atoms with van der Waals surface area (Å²) in [5.74, 6) is 1.59. The molecule has 0 saturated carbocycles. The summed E-state index contributed by atoms with van der Waals surface area (Å²) in [6.07, 6.45) is -0.476. The third-order valence-corrected chi connectivity index (χ3v) is 4.42. The van der Waals surface area contributed by atoms with Gasteiger partial charge in [-0.3, -0.25) is 0 Å². The fourth-order valence-corrected chi connectivity index (χ4v) is 3.05. The van der Waals surface area contributed by atoms with Gasteiger partial charge in [0.15, 0.2) is 17.6 Å². The monoisotopic (exact) mass is 336 g/mol. The fraction of sp³-hybridized carbons (Fsp3) is 0.412. The Kier molecular flexibility index (Phi) is 5.87. The first-order valence-electron chi connectivity index (χ1n) is 7.79. The topological polar surface area (TPSA) is 64.5 Å². The second-order valence-electron chi connectivity index (χ2n) is 5.51. The maximum absolute atomic E-state index is 9.94. The van der Waals surface area contributed by atoms with Gasteiger partial charge in [0, 0.05) is 4.88 Å². The molecule has 2 atom stereocenters. The van der Waals surface area contributed by atoms with E-state index in [4.69, 9.17) is 14.2 Å². The van der Waals surface area contributed by atoms with Crippen molar-refractivity contribution in [3.05, 3.63) is 46.7 Å². The Morgan fingerprint density at radius 3 is 2.96 bits per heavy atom. The molecule has 0 aliphatic carbocycles. The zero-order valence-electron chi connectivity index (χ0n) is 12.9. The predicted octanol–water partition coefficient (Wildman–Crippen LogP) is 1.03. The molecule has 2 heterocycles. The van der Waals surface area contributed by atoms with Crippen molar-refractivity contribution in [2.24, 2.45) is 0 Å². The lowest BCUT2D eigenvalue weighted by Crippen LogP contribution is -2.89. The van der Waals surface area contributed by atoms with Crippen molar-refractivity contribution in [2.45, 2.75) is 18.8 Å². The van der Waals surface area contributed by atoms with Crippen LogP contribution in [0.5, 0.6) is 11.5 Å². The number of quaternary nitrogens is 1. The Labute approximate surface area is 139 Å². The number of aliphatic hydroxyl groups is 1. The Morgan fingerprint density at radius 1 is 1.26 bits per heavy atom. The van der Waals surface area contributed by atoms with Gasteiger partial charge < -0.3 is 24.6 Å². The third kappa shape index (κ3) is 4.94. The van der Waals surface area contributed by atoms with E-state index in [1.165, 1.54) is 4.88 Å². The molecule has 0 saturated heterocycles. The molecule has 1 aromatic heterocycles. The molecular weight excluding hydrogens is 314 g/mol. The standard InChI is InChI=1S/C17H21NO4S/c19-13(10-20-12-15-4-3-7-23-15)8-18-9-14-11-21-16-5-1-2-6-17(16)22-14/h1-7,13-14,18-19H,8-12H2/p+1/t13-,14-/m0/s1. The van der Waals surface area contributed by atoms with E-state index in [0.717, 1.165) is 18.0 Å². The molecule has 3 N–H and O–H groups in total. The van der Waals surface area contributed by atoms with Gasteiger partial charge in [-0.1, -0.05) is 18.2 Å². The van der Waals surface area contributed by atoms with Crippen molar-refractivity contribution in [3.8, 4) is 11.5 Å².